The highest BCUT2D eigenvalue weighted by atomic mass is 35.5. The fourth-order valence-corrected chi connectivity index (χ4v) is 5.36. The molecule has 202 valence electrons. The van der Waals surface area contributed by atoms with Crippen molar-refractivity contribution in [2.75, 3.05) is 13.7 Å². The second-order valence-electron chi connectivity index (χ2n) is 9.56. The van der Waals surface area contributed by atoms with Crippen molar-refractivity contribution in [2.45, 2.75) is 45.2 Å². The lowest BCUT2D eigenvalue weighted by molar-refractivity contribution is 0.0714. The Morgan fingerprint density at radius 1 is 0.949 bits per heavy atom. The van der Waals surface area contributed by atoms with Crippen molar-refractivity contribution in [3.8, 4) is 11.5 Å². The molecule has 4 aromatic rings. The van der Waals surface area contributed by atoms with Crippen LogP contribution in [0.2, 0.25) is 10.0 Å². The average molecular weight is 566 g/mol. The molecule has 0 aliphatic carbocycles. The fraction of sp³-hybridized carbons (Fsp3) is 0.290. The Morgan fingerprint density at radius 3 is 2.54 bits per heavy atom. The van der Waals surface area contributed by atoms with Gasteiger partial charge in [0.15, 0.2) is 16.9 Å². The molecular formula is C31H29Cl2NO5. The number of carbonyl (C=O) groups is 1. The van der Waals surface area contributed by atoms with Crippen molar-refractivity contribution in [3.05, 3.63) is 103 Å². The molecule has 1 atom stereocenters. The summed E-state index contributed by atoms with van der Waals surface area (Å²) in [5.74, 6) is 0.758. The van der Waals surface area contributed by atoms with Crippen molar-refractivity contribution in [1.29, 1.82) is 0 Å². The van der Waals surface area contributed by atoms with Crippen molar-refractivity contribution in [3.63, 3.8) is 0 Å². The summed E-state index contributed by atoms with van der Waals surface area (Å²) >= 11 is 12.7. The molecule has 8 heteroatoms. The van der Waals surface area contributed by atoms with Crippen LogP contribution in [0.25, 0.3) is 11.0 Å². The molecule has 2 heterocycles. The predicted molar refractivity (Wildman–Crippen MR) is 153 cm³/mol. The summed E-state index contributed by atoms with van der Waals surface area (Å²) in [6.07, 6.45) is 4.37. The van der Waals surface area contributed by atoms with Gasteiger partial charge in [-0.3, -0.25) is 9.59 Å². The van der Waals surface area contributed by atoms with E-state index in [1.807, 2.05) is 36.4 Å². The van der Waals surface area contributed by atoms with Crippen LogP contribution in [0.15, 0.2) is 69.9 Å². The zero-order valence-electron chi connectivity index (χ0n) is 21.8. The normalized spacial score (nSPS) is 14.6. The smallest absolute Gasteiger partial charge is 0.291 e. The summed E-state index contributed by atoms with van der Waals surface area (Å²) in [4.78, 5) is 29.2. The first-order valence-corrected chi connectivity index (χ1v) is 13.8. The predicted octanol–water partition coefficient (Wildman–Crippen LogP) is 7.81. The number of unbranched alkanes of at least 4 members (excludes halogenated alkanes) is 3. The van der Waals surface area contributed by atoms with Crippen LogP contribution in [0.5, 0.6) is 11.5 Å². The van der Waals surface area contributed by atoms with Gasteiger partial charge in [-0.1, -0.05) is 73.7 Å². The van der Waals surface area contributed by atoms with Gasteiger partial charge >= 0.3 is 0 Å². The summed E-state index contributed by atoms with van der Waals surface area (Å²) in [5, 5.41) is 1.25. The summed E-state index contributed by atoms with van der Waals surface area (Å²) in [7, 11) is 1.57. The fourth-order valence-electron chi connectivity index (χ4n) is 5.00. The van der Waals surface area contributed by atoms with Gasteiger partial charge in [0.25, 0.3) is 5.91 Å². The molecule has 1 aliphatic heterocycles. The third kappa shape index (κ3) is 5.36. The van der Waals surface area contributed by atoms with Crippen molar-refractivity contribution >= 4 is 40.1 Å². The molecule has 1 unspecified atom stereocenters. The number of carbonyl (C=O) groups excluding carboxylic acids is 1. The van der Waals surface area contributed by atoms with E-state index in [-0.39, 0.29) is 29.2 Å². The van der Waals surface area contributed by atoms with Crippen LogP contribution in [0.1, 0.15) is 65.9 Å². The molecule has 0 bridgehead atoms. The first kappa shape index (κ1) is 27.1. The Labute approximate surface area is 237 Å². The van der Waals surface area contributed by atoms with E-state index >= 15 is 0 Å². The van der Waals surface area contributed by atoms with Gasteiger partial charge in [-0.2, -0.15) is 0 Å². The molecule has 1 aliphatic rings. The van der Waals surface area contributed by atoms with Gasteiger partial charge in [-0.05, 0) is 53.9 Å². The third-order valence-corrected chi connectivity index (χ3v) is 7.59. The summed E-state index contributed by atoms with van der Waals surface area (Å²) in [6, 6.07) is 16.9. The maximum atomic E-state index is 13.8. The highest BCUT2D eigenvalue weighted by Crippen LogP contribution is 2.42. The monoisotopic (exact) mass is 565 g/mol. The molecule has 39 heavy (non-hydrogen) atoms. The van der Waals surface area contributed by atoms with Gasteiger partial charge in [-0.15, -0.1) is 0 Å². The minimum absolute atomic E-state index is 0.0158. The van der Waals surface area contributed by atoms with Gasteiger partial charge in [0.1, 0.15) is 5.58 Å². The van der Waals surface area contributed by atoms with Crippen LogP contribution in [0, 0.1) is 0 Å². The number of rotatable bonds is 10. The van der Waals surface area contributed by atoms with Crippen LogP contribution >= 0.6 is 23.2 Å². The number of methoxy groups -OCH3 is 1. The molecule has 1 aromatic heterocycles. The molecule has 0 N–H and O–H groups in total. The number of hydrogen-bond acceptors (Lipinski definition) is 5. The number of halogens is 2. The molecular weight excluding hydrogens is 537 g/mol. The van der Waals surface area contributed by atoms with Gasteiger partial charge in [0.05, 0.1) is 30.7 Å². The molecule has 0 fully saturated rings. The summed E-state index contributed by atoms with van der Waals surface area (Å²) in [6.45, 7) is 2.93. The maximum absolute atomic E-state index is 13.8. The van der Waals surface area contributed by atoms with Crippen molar-refractivity contribution in [1.82, 2.24) is 4.90 Å². The lowest BCUT2D eigenvalue weighted by atomic mass is 9.97. The lowest BCUT2D eigenvalue weighted by Crippen LogP contribution is -2.29. The second-order valence-corrected chi connectivity index (χ2v) is 10.4. The molecule has 0 spiro atoms. The van der Waals surface area contributed by atoms with E-state index in [1.54, 1.807) is 36.3 Å². The average Bonchev–Trinajstić information content (AvgIpc) is 3.21. The van der Waals surface area contributed by atoms with Crippen molar-refractivity contribution in [2.24, 2.45) is 0 Å². The van der Waals surface area contributed by atoms with Gasteiger partial charge in [0, 0.05) is 16.6 Å². The Balaban J connectivity index is 1.60. The Hall–Kier alpha value is -3.48. The minimum Gasteiger partial charge on any atom is -0.493 e. The molecule has 0 saturated carbocycles. The Morgan fingerprint density at radius 2 is 1.77 bits per heavy atom. The lowest BCUT2D eigenvalue weighted by Gasteiger charge is -2.26. The van der Waals surface area contributed by atoms with Crippen LogP contribution < -0.4 is 14.9 Å². The van der Waals surface area contributed by atoms with Crippen molar-refractivity contribution < 1.29 is 18.7 Å². The molecule has 6 nitrogen and oxygen atoms in total. The van der Waals surface area contributed by atoms with Gasteiger partial charge in [0.2, 0.25) is 5.76 Å². The van der Waals surface area contributed by atoms with E-state index in [0.717, 1.165) is 31.2 Å². The Kier molecular flexibility index (Phi) is 8.15. The molecule has 5 rings (SSSR count). The van der Waals surface area contributed by atoms with Gasteiger partial charge < -0.3 is 18.8 Å². The summed E-state index contributed by atoms with van der Waals surface area (Å²) in [5.41, 5.74) is 1.71. The SMILES string of the molecule is CCCCCCOc1ccc(C2c3c(oc4ccc(Cl)cc4c3=O)C(=O)N2Cc2ccccc2Cl)cc1OC. The number of hydrogen-bond donors (Lipinski definition) is 0. The van der Waals surface area contributed by atoms with Crippen LogP contribution in [-0.4, -0.2) is 24.5 Å². The largest absolute Gasteiger partial charge is 0.493 e. The third-order valence-electron chi connectivity index (χ3n) is 6.99. The number of benzene rings is 3. The zero-order chi connectivity index (χ0) is 27.5. The molecule has 0 saturated heterocycles. The number of amides is 1. The molecule has 0 radical (unpaired) electrons. The van der Waals surface area contributed by atoms with Crippen LogP contribution in [-0.2, 0) is 6.54 Å². The van der Waals surface area contributed by atoms with Crippen LogP contribution in [0.4, 0.5) is 0 Å². The van der Waals surface area contributed by atoms with E-state index in [1.165, 1.54) is 0 Å². The van der Waals surface area contributed by atoms with E-state index in [4.69, 9.17) is 37.1 Å². The maximum Gasteiger partial charge on any atom is 0.291 e. The molecule has 3 aromatic carbocycles. The minimum atomic E-state index is -0.726. The quantitative estimate of drug-likeness (QED) is 0.183. The van der Waals surface area contributed by atoms with E-state index in [9.17, 15) is 9.59 Å². The standard InChI is InChI=1S/C31H29Cl2NO5/c1-3-4-5-8-15-38-25-13-11-19(16-26(25)37-2)28-27-29(35)22-17-21(32)12-14-24(22)39-30(27)31(36)34(28)18-20-9-6-7-10-23(20)33/h6-7,9-14,16-17,28H,3-5,8,15,18H2,1-2H3. The van der Waals surface area contributed by atoms with E-state index in [0.29, 0.717) is 44.7 Å². The molecule has 1 amide bonds. The van der Waals surface area contributed by atoms with E-state index < -0.39 is 6.04 Å². The van der Waals surface area contributed by atoms with Gasteiger partial charge in [-0.25, -0.2) is 0 Å². The number of nitrogens with zero attached hydrogens (tertiary/aromatic N) is 1. The first-order valence-electron chi connectivity index (χ1n) is 13.0. The topological polar surface area (TPSA) is 69.0 Å². The van der Waals surface area contributed by atoms with E-state index in [2.05, 4.69) is 6.92 Å². The first-order chi connectivity index (χ1) is 18.9. The highest BCUT2D eigenvalue weighted by molar-refractivity contribution is 6.31. The Bertz CT molecular complexity index is 1580. The summed E-state index contributed by atoms with van der Waals surface area (Å²) < 4.78 is 17.7. The number of fused-ring (bicyclic) bond motifs is 2. The van der Waals surface area contributed by atoms with Crippen LogP contribution in [0.3, 0.4) is 0 Å². The number of ether oxygens (including phenoxy) is 2. The zero-order valence-corrected chi connectivity index (χ0v) is 23.3. The highest BCUT2D eigenvalue weighted by Gasteiger charge is 2.43. The second kappa shape index (κ2) is 11.7.